The van der Waals surface area contributed by atoms with Gasteiger partial charge in [-0.15, -0.1) is 9.97 Å². The van der Waals surface area contributed by atoms with Crippen molar-refractivity contribution in [2.24, 2.45) is 5.10 Å². The number of para-hydroxylation sites is 1. The van der Waals surface area contributed by atoms with Gasteiger partial charge < -0.3 is 5.32 Å². The molecule has 0 saturated carbocycles. The van der Waals surface area contributed by atoms with E-state index >= 15 is 0 Å². The third-order valence-electron chi connectivity index (χ3n) is 2.82. The molecule has 0 aliphatic carbocycles. The number of halogens is 1. The first kappa shape index (κ1) is 14.9. The van der Waals surface area contributed by atoms with Gasteiger partial charge in [-0.25, -0.2) is 5.43 Å². The lowest BCUT2D eigenvalue weighted by atomic mass is 10.2. The number of rotatable bonds is 5. The highest BCUT2D eigenvalue weighted by Crippen LogP contribution is 2.13. The summed E-state index contributed by atoms with van der Waals surface area (Å²) in [5.41, 5.74) is 4.60. The lowest BCUT2D eigenvalue weighted by Gasteiger charge is -2.04. The van der Waals surface area contributed by atoms with Crippen molar-refractivity contribution in [1.29, 1.82) is 0 Å². The van der Waals surface area contributed by atoms with Crippen molar-refractivity contribution < 1.29 is 11.6 Å². The Kier molecular flexibility index (Phi) is 4.76. The van der Waals surface area contributed by atoms with Crippen LogP contribution < -0.4 is 10.7 Å². The number of hydrogen-bond donors (Lipinski definition) is 2. The number of nitrogens with zero attached hydrogens (tertiary/aromatic N) is 4. The largest absolute Gasteiger partial charge is 0.424 e. The number of anilines is 3. The van der Waals surface area contributed by atoms with Crippen molar-refractivity contribution in [2.75, 3.05) is 10.7 Å². The van der Waals surface area contributed by atoms with Crippen LogP contribution in [0.4, 0.5) is 17.6 Å². The Labute approximate surface area is 138 Å². The first-order valence-corrected chi connectivity index (χ1v) is 7.30. The monoisotopic (exact) mass is 325 g/mol. The Morgan fingerprint density at radius 1 is 0.826 bits per heavy atom. The van der Waals surface area contributed by atoms with Crippen molar-refractivity contribution in [1.82, 2.24) is 15.0 Å². The van der Waals surface area contributed by atoms with Crippen LogP contribution in [0.1, 0.15) is 5.56 Å². The summed E-state index contributed by atoms with van der Waals surface area (Å²) in [6.07, 6.45) is 1.68. The van der Waals surface area contributed by atoms with Crippen LogP contribution in [0.15, 0.2) is 65.8 Å². The van der Waals surface area contributed by atoms with Gasteiger partial charge in [-0.2, -0.15) is 10.1 Å². The summed E-state index contributed by atoms with van der Waals surface area (Å²) < 4.78 is 0. The van der Waals surface area contributed by atoms with Crippen LogP contribution in [0, 0.1) is 11.6 Å². The van der Waals surface area contributed by atoms with E-state index in [-0.39, 0.29) is 11.2 Å². The number of aromatic nitrogens is 3. The fourth-order valence-corrected chi connectivity index (χ4v) is 1.99. The van der Waals surface area contributed by atoms with Crippen molar-refractivity contribution in [3.05, 3.63) is 71.5 Å². The van der Waals surface area contributed by atoms with Crippen LogP contribution in [0.25, 0.3) is 0 Å². The highest BCUT2D eigenvalue weighted by Gasteiger charge is 2.09. The zero-order valence-electron chi connectivity index (χ0n) is 12.0. The van der Waals surface area contributed by atoms with Crippen LogP contribution in [0.3, 0.4) is 0 Å². The van der Waals surface area contributed by atoms with E-state index in [2.05, 4.69) is 30.8 Å². The average Bonchev–Trinajstić information content (AvgIpc) is 2.56. The molecule has 2 N–H and O–H groups in total. The summed E-state index contributed by atoms with van der Waals surface area (Å²) in [7, 11) is 0. The summed E-state index contributed by atoms with van der Waals surface area (Å²) in [5.74, 6) is 0.657. The molecule has 0 radical (unpaired) electrons. The molecule has 3 aromatic rings. The van der Waals surface area contributed by atoms with E-state index in [4.69, 9.17) is 11.6 Å². The maximum absolute atomic E-state index is 5.05. The average molecular weight is 326 g/mol. The van der Waals surface area contributed by atoms with E-state index in [1.54, 1.807) is 6.21 Å². The molecule has 0 bridgehead atoms. The first-order valence-electron chi connectivity index (χ1n) is 6.89. The van der Waals surface area contributed by atoms with Gasteiger partial charge in [0.15, 0.2) is 11.6 Å². The molecular formula is C16H14ClN6+. The third-order valence-corrected chi connectivity index (χ3v) is 3.01. The second-order valence-electron chi connectivity index (χ2n) is 4.54. The normalized spacial score (nSPS) is 10.7. The van der Waals surface area contributed by atoms with Gasteiger partial charge >= 0.3 is 5.28 Å². The van der Waals surface area contributed by atoms with Crippen LogP contribution >= 0.6 is 0 Å². The van der Waals surface area contributed by atoms with E-state index in [9.17, 15) is 0 Å². The van der Waals surface area contributed by atoms with Crippen LogP contribution in [0.2, 0.25) is 5.28 Å². The minimum atomic E-state index is 0.191. The van der Waals surface area contributed by atoms with Gasteiger partial charge in [-0.3, -0.25) is 0 Å². The SMILES string of the molecule is [ClH+]c1nc(N/N=C/c2ccccc2)nc(Nc2ccccc2)n1. The molecule has 0 saturated heterocycles. The Hall–Kier alpha value is -2.99. The molecule has 1 heterocycles. The number of hydrogen-bond acceptors (Lipinski definition) is 6. The van der Waals surface area contributed by atoms with Crippen LogP contribution in [-0.2, 0) is 0 Å². The second kappa shape index (κ2) is 7.33. The van der Waals surface area contributed by atoms with Gasteiger partial charge in [0.05, 0.1) is 6.21 Å². The molecule has 0 fully saturated rings. The summed E-state index contributed by atoms with van der Waals surface area (Å²) in [5, 5.41) is 7.36. The second-order valence-corrected chi connectivity index (χ2v) is 4.90. The molecule has 0 aliphatic rings. The van der Waals surface area contributed by atoms with Gasteiger partial charge in [0.2, 0.25) is 5.95 Å². The number of hydrazone groups is 1. The molecule has 0 amide bonds. The molecule has 0 atom stereocenters. The molecule has 0 spiro atoms. The van der Waals surface area contributed by atoms with E-state index in [1.807, 2.05) is 60.7 Å². The molecule has 114 valence electrons. The molecule has 7 heteroatoms. The van der Waals surface area contributed by atoms with Gasteiger partial charge in [0.1, 0.15) is 0 Å². The number of nitrogens with one attached hydrogen (secondary N) is 2. The van der Waals surface area contributed by atoms with Crippen LogP contribution in [-0.4, -0.2) is 21.2 Å². The third kappa shape index (κ3) is 4.49. The molecular weight excluding hydrogens is 312 g/mol. The molecule has 6 nitrogen and oxygen atoms in total. The summed E-state index contributed by atoms with van der Waals surface area (Å²) in [6.45, 7) is 0. The van der Waals surface area contributed by atoms with Gasteiger partial charge in [-0.1, -0.05) is 48.5 Å². The Bertz CT molecular complexity index is 792. The highest BCUT2D eigenvalue weighted by atomic mass is 35.5. The van der Waals surface area contributed by atoms with Gasteiger partial charge in [-0.05, 0) is 17.7 Å². The molecule has 3 rings (SSSR count). The highest BCUT2D eigenvalue weighted by molar-refractivity contribution is 5.79. The van der Waals surface area contributed by atoms with E-state index in [0.717, 1.165) is 11.3 Å². The zero-order valence-corrected chi connectivity index (χ0v) is 12.9. The topological polar surface area (TPSA) is 75.1 Å². The van der Waals surface area contributed by atoms with Crippen LogP contribution in [0.5, 0.6) is 0 Å². The lowest BCUT2D eigenvalue weighted by molar-refractivity contribution is -0.303. The smallest absolute Gasteiger partial charge is 0.324 e. The van der Waals surface area contributed by atoms with Gasteiger partial charge in [0.25, 0.3) is 5.95 Å². The lowest BCUT2D eigenvalue weighted by Crippen LogP contribution is -2.04. The predicted octanol–water partition coefficient (Wildman–Crippen LogP) is 2.76. The minimum absolute atomic E-state index is 0.191. The van der Waals surface area contributed by atoms with E-state index in [0.29, 0.717) is 5.95 Å². The standard InChI is InChI=1S/C16H14ClN6/c17-14-20-15(19-13-9-5-2-6-10-13)22-16(21-14)23-18-11-12-7-3-1-4-8-12/h1-11,17H,(H2,19,20,21,22,23)/q+1/b18-11+. The summed E-state index contributed by atoms with van der Waals surface area (Å²) in [4.78, 5) is 12.4. The Morgan fingerprint density at radius 2 is 1.48 bits per heavy atom. The Morgan fingerprint density at radius 3 is 2.22 bits per heavy atom. The zero-order chi connectivity index (χ0) is 15.9. The Balaban J connectivity index is 1.71. The van der Waals surface area contributed by atoms with E-state index in [1.165, 1.54) is 0 Å². The summed E-state index contributed by atoms with van der Waals surface area (Å²) >= 11 is 5.05. The molecule has 0 aliphatic heterocycles. The van der Waals surface area contributed by atoms with Crippen molar-refractivity contribution in [3.8, 4) is 0 Å². The van der Waals surface area contributed by atoms with Crippen molar-refractivity contribution in [3.63, 3.8) is 0 Å². The van der Waals surface area contributed by atoms with Crippen molar-refractivity contribution >= 4 is 23.8 Å². The fourth-order valence-electron chi connectivity index (χ4n) is 1.82. The first-order chi connectivity index (χ1) is 11.3. The fraction of sp³-hybridized carbons (Fsp3) is 0. The minimum Gasteiger partial charge on any atom is -0.324 e. The maximum Gasteiger partial charge on any atom is 0.424 e. The molecule has 2 aromatic carbocycles. The summed E-state index contributed by atoms with van der Waals surface area (Å²) in [6, 6.07) is 19.3. The molecule has 23 heavy (non-hydrogen) atoms. The quantitative estimate of drug-likeness (QED) is 0.557. The van der Waals surface area contributed by atoms with Crippen molar-refractivity contribution in [2.45, 2.75) is 0 Å². The van der Waals surface area contributed by atoms with Gasteiger partial charge in [0, 0.05) is 5.69 Å². The maximum atomic E-state index is 5.05. The molecule has 1 aromatic heterocycles. The molecule has 0 unspecified atom stereocenters. The number of benzene rings is 2. The predicted molar refractivity (Wildman–Crippen MR) is 87.8 cm³/mol. The van der Waals surface area contributed by atoms with E-state index < -0.39 is 0 Å².